The Balaban J connectivity index is 1.61. The summed E-state index contributed by atoms with van der Waals surface area (Å²) in [5.41, 5.74) is 8.81. The van der Waals surface area contributed by atoms with Crippen LogP contribution in [0.4, 0.5) is 16.4 Å². The molecule has 4 aromatic rings. The topological polar surface area (TPSA) is 108 Å². The second-order valence-electron chi connectivity index (χ2n) is 7.66. The zero-order chi connectivity index (χ0) is 24.8. The molecule has 1 heterocycles. The van der Waals surface area contributed by atoms with Crippen LogP contribution in [0, 0.1) is 18.3 Å². The molecule has 0 spiro atoms. The van der Waals surface area contributed by atoms with Crippen LogP contribution in [0.1, 0.15) is 31.6 Å². The lowest BCUT2D eigenvalue weighted by molar-refractivity contribution is -0.115. The monoisotopic (exact) mass is 498 g/mol. The van der Waals surface area contributed by atoms with Crippen LogP contribution in [0.3, 0.4) is 0 Å². The number of nitrogens with zero attached hydrogens (tertiary/aromatic N) is 1. The first kappa shape index (κ1) is 24.1. The van der Waals surface area contributed by atoms with Crippen molar-refractivity contribution in [3.8, 4) is 6.07 Å². The minimum Gasteiger partial charge on any atom is -0.399 e. The van der Waals surface area contributed by atoms with Gasteiger partial charge < -0.3 is 16.4 Å². The fourth-order valence-electron chi connectivity index (χ4n) is 3.46. The van der Waals surface area contributed by atoms with Crippen molar-refractivity contribution in [1.29, 1.82) is 5.26 Å². The molecule has 1 aromatic heterocycles. The van der Waals surface area contributed by atoms with Crippen LogP contribution in [-0.4, -0.2) is 11.8 Å². The van der Waals surface area contributed by atoms with Crippen LogP contribution in [0.2, 0.25) is 0 Å². The molecule has 0 aliphatic carbocycles. The Morgan fingerprint density at radius 1 is 0.971 bits per heavy atom. The second-order valence-corrected chi connectivity index (χ2v) is 9.86. The molecule has 1 unspecified atom stereocenters. The number of thiophene rings is 1. The Bertz CT molecular complexity index is 1400. The van der Waals surface area contributed by atoms with E-state index in [1.807, 2.05) is 66.7 Å². The van der Waals surface area contributed by atoms with E-state index in [0.29, 0.717) is 26.8 Å². The SMILES string of the molecule is Cc1c(C(=O)Nc2ccccc2)sc(NC(=O)C(Sc2cccc(N)c2)c2ccccc2)c1C#N. The predicted molar refractivity (Wildman–Crippen MR) is 143 cm³/mol. The maximum Gasteiger partial charge on any atom is 0.266 e. The first-order valence-corrected chi connectivity index (χ1v) is 12.4. The highest BCUT2D eigenvalue weighted by atomic mass is 32.2. The zero-order valence-electron chi connectivity index (χ0n) is 18.8. The van der Waals surface area contributed by atoms with Crippen molar-refractivity contribution in [3.05, 3.63) is 106 Å². The fourth-order valence-corrected chi connectivity index (χ4v) is 5.61. The molecule has 8 heteroatoms. The van der Waals surface area contributed by atoms with Gasteiger partial charge in [-0.25, -0.2) is 0 Å². The molecule has 4 rings (SSSR count). The number of nitrogen functional groups attached to an aromatic ring is 1. The number of hydrogen-bond donors (Lipinski definition) is 3. The standard InChI is InChI=1S/C27H22N4O2S2/c1-17-22(16-28)27(35-23(17)25(32)30-20-12-6-3-7-13-20)31-26(33)24(18-9-4-2-5-10-18)34-21-14-8-11-19(29)15-21/h2-15,24H,29H2,1H3,(H,30,32)(H,31,33). The van der Waals surface area contributed by atoms with Gasteiger partial charge in [0.2, 0.25) is 5.91 Å². The smallest absolute Gasteiger partial charge is 0.266 e. The number of anilines is 3. The van der Waals surface area contributed by atoms with Gasteiger partial charge in [0.1, 0.15) is 16.3 Å². The molecule has 0 aliphatic rings. The first-order chi connectivity index (χ1) is 17.0. The van der Waals surface area contributed by atoms with Gasteiger partial charge >= 0.3 is 0 Å². The Kier molecular flexibility index (Phi) is 7.51. The summed E-state index contributed by atoms with van der Waals surface area (Å²) in [6.45, 7) is 1.71. The quantitative estimate of drug-likeness (QED) is 0.207. The van der Waals surface area contributed by atoms with E-state index in [0.717, 1.165) is 21.8 Å². The van der Waals surface area contributed by atoms with Crippen molar-refractivity contribution < 1.29 is 9.59 Å². The molecule has 2 amide bonds. The van der Waals surface area contributed by atoms with Gasteiger partial charge in [0.05, 0.1) is 10.4 Å². The van der Waals surface area contributed by atoms with Crippen molar-refractivity contribution in [3.63, 3.8) is 0 Å². The van der Waals surface area contributed by atoms with Crippen LogP contribution in [0.25, 0.3) is 0 Å². The molecule has 4 N–H and O–H groups in total. The molecule has 0 saturated heterocycles. The highest BCUT2D eigenvalue weighted by molar-refractivity contribution is 8.00. The summed E-state index contributed by atoms with van der Waals surface area (Å²) < 4.78 is 0. The molecule has 35 heavy (non-hydrogen) atoms. The van der Waals surface area contributed by atoms with Gasteiger partial charge in [0.15, 0.2) is 0 Å². The molecule has 6 nitrogen and oxygen atoms in total. The maximum atomic E-state index is 13.5. The number of carbonyl (C=O) groups excluding carboxylic acids is 2. The number of benzene rings is 3. The van der Waals surface area contributed by atoms with E-state index < -0.39 is 5.25 Å². The van der Waals surface area contributed by atoms with Gasteiger partial charge in [0, 0.05) is 16.3 Å². The number of para-hydroxylation sites is 1. The lowest BCUT2D eigenvalue weighted by Gasteiger charge is -2.17. The van der Waals surface area contributed by atoms with Crippen LogP contribution < -0.4 is 16.4 Å². The normalized spacial score (nSPS) is 11.3. The minimum absolute atomic E-state index is 0.280. The number of rotatable bonds is 7. The average molecular weight is 499 g/mol. The molecule has 3 aromatic carbocycles. The predicted octanol–water partition coefficient (Wildman–Crippen LogP) is 6.23. The van der Waals surface area contributed by atoms with E-state index in [4.69, 9.17) is 5.73 Å². The van der Waals surface area contributed by atoms with Crippen molar-refractivity contribution in [2.75, 3.05) is 16.4 Å². The fraction of sp³-hybridized carbons (Fsp3) is 0.0741. The van der Waals surface area contributed by atoms with Gasteiger partial charge in [0.25, 0.3) is 5.91 Å². The third-order valence-corrected chi connectivity index (χ3v) is 7.64. The summed E-state index contributed by atoms with van der Waals surface area (Å²) in [4.78, 5) is 27.6. The molecular formula is C27H22N4O2S2. The number of amides is 2. The van der Waals surface area contributed by atoms with E-state index in [1.54, 1.807) is 25.1 Å². The summed E-state index contributed by atoms with van der Waals surface area (Å²) >= 11 is 2.46. The third kappa shape index (κ3) is 5.72. The van der Waals surface area contributed by atoms with E-state index in [9.17, 15) is 14.9 Å². The zero-order valence-corrected chi connectivity index (χ0v) is 20.5. The van der Waals surface area contributed by atoms with Gasteiger partial charge in [-0.2, -0.15) is 5.26 Å². The number of thioether (sulfide) groups is 1. The third-order valence-electron chi connectivity index (χ3n) is 5.19. The number of nitrogens with two attached hydrogens (primary N) is 1. The summed E-state index contributed by atoms with van der Waals surface area (Å²) in [6, 6.07) is 27.9. The Morgan fingerprint density at radius 3 is 2.31 bits per heavy atom. The van der Waals surface area contributed by atoms with E-state index in [2.05, 4.69) is 16.7 Å². The van der Waals surface area contributed by atoms with Gasteiger partial charge in [-0.3, -0.25) is 9.59 Å². The van der Waals surface area contributed by atoms with Crippen molar-refractivity contribution >= 4 is 51.3 Å². The van der Waals surface area contributed by atoms with Crippen molar-refractivity contribution in [1.82, 2.24) is 0 Å². The van der Waals surface area contributed by atoms with Gasteiger partial charge in [-0.15, -0.1) is 23.1 Å². The molecule has 1 atom stereocenters. The van der Waals surface area contributed by atoms with Crippen molar-refractivity contribution in [2.45, 2.75) is 17.1 Å². The lowest BCUT2D eigenvalue weighted by Crippen LogP contribution is -2.19. The highest BCUT2D eigenvalue weighted by Crippen LogP contribution is 2.39. The largest absolute Gasteiger partial charge is 0.399 e. The highest BCUT2D eigenvalue weighted by Gasteiger charge is 2.26. The second kappa shape index (κ2) is 10.9. The number of nitrogens with one attached hydrogen (secondary N) is 2. The summed E-state index contributed by atoms with van der Waals surface area (Å²) in [5.74, 6) is -0.624. The van der Waals surface area contributed by atoms with E-state index in [1.165, 1.54) is 11.8 Å². The average Bonchev–Trinajstić information content (AvgIpc) is 3.18. The van der Waals surface area contributed by atoms with E-state index in [-0.39, 0.29) is 17.4 Å². The molecule has 0 saturated carbocycles. The number of hydrogen-bond acceptors (Lipinski definition) is 6. The Morgan fingerprint density at radius 2 is 1.66 bits per heavy atom. The van der Waals surface area contributed by atoms with Gasteiger partial charge in [-0.1, -0.05) is 54.6 Å². The number of nitriles is 1. The van der Waals surface area contributed by atoms with Crippen LogP contribution >= 0.6 is 23.1 Å². The minimum atomic E-state index is -0.589. The van der Waals surface area contributed by atoms with E-state index >= 15 is 0 Å². The van der Waals surface area contributed by atoms with Crippen LogP contribution in [-0.2, 0) is 4.79 Å². The van der Waals surface area contributed by atoms with Crippen molar-refractivity contribution in [2.24, 2.45) is 0 Å². The molecule has 0 bridgehead atoms. The summed E-state index contributed by atoms with van der Waals surface area (Å²) in [7, 11) is 0. The summed E-state index contributed by atoms with van der Waals surface area (Å²) in [6.07, 6.45) is 0. The molecule has 0 radical (unpaired) electrons. The molecule has 0 fully saturated rings. The van der Waals surface area contributed by atoms with Crippen LogP contribution in [0.15, 0.2) is 89.8 Å². The number of carbonyl (C=O) groups is 2. The molecule has 174 valence electrons. The molecular weight excluding hydrogens is 476 g/mol. The Labute approximate surface area is 211 Å². The maximum absolute atomic E-state index is 13.5. The first-order valence-electron chi connectivity index (χ1n) is 10.7. The molecule has 0 aliphatic heterocycles. The summed E-state index contributed by atoms with van der Waals surface area (Å²) in [5, 5.41) is 15.3. The van der Waals surface area contributed by atoms with Crippen LogP contribution in [0.5, 0.6) is 0 Å². The lowest BCUT2D eigenvalue weighted by atomic mass is 10.1. The Hall–Kier alpha value is -4.06. The van der Waals surface area contributed by atoms with Gasteiger partial charge in [-0.05, 0) is 48.4 Å².